The van der Waals surface area contributed by atoms with Gasteiger partial charge in [0, 0.05) is 29.1 Å². The van der Waals surface area contributed by atoms with E-state index in [1.54, 1.807) is 6.20 Å². The van der Waals surface area contributed by atoms with Crippen LogP contribution in [-0.4, -0.2) is 40.2 Å². The number of carbonyl (C=O) groups excluding carboxylic acids is 2. The van der Waals surface area contributed by atoms with Crippen molar-refractivity contribution in [3.8, 4) is 11.5 Å². The van der Waals surface area contributed by atoms with E-state index in [0.717, 1.165) is 28.6 Å². The van der Waals surface area contributed by atoms with Crippen LogP contribution >= 0.6 is 0 Å². The molecule has 8 heteroatoms. The normalized spacial score (nSPS) is 11.8. The largest absolute Gasteiger partial charge is 0.504 e. The van der Waals surface area contributed by atoms with Crippen LogP contribution < -0.4 is 10.7 Å². The summed E-state index contributed by atoms with van der Waals surface area (Å²) in [6.07, 6.45) is 1.93. The summed E-state index contributed by atoms with van der Waals surface area (Å²) in [5.74, 6) is -2.78. The summed E-state index contributed by atoms with van der Waals surface area (Å²) in [6, 6.07) is 8.60. The standard InChI is InChI=1S/C21H20N2O6/c1-11-7-17(24)19(26)18(25)9-14(11)20(27)23-16(21(28)29-2)8-12-10-22-15-6-4-3-5-13(12)15/h3-7,9-10,16,22H,8H2,1-2H3,(H,23,27)(H2,24,25,26)/t16-/m0/s1. The van der Waals surface area contributed by atoms with Crippen molar-refractivity contribution in [1.29, 1.82) is 0 Å². The lowest BCUT2D eigenvalue weighted by Crippen LogP contribution is -2.43. The number of esters is 1. The second-order valence-electron chi connectivity index (χ2n) is 6.60. The van der Waals surface area contributed by atoms with E-state index in [1.807, 2.05) is 24.3 Å². The van der Waals surface area contributed by atoms with Crippen molar-refractivity contribution in [2.45, 2.75) is 19.4 Å². The van der Waals surface area contributed by atoms with E-state index in [1.165, 1.54) is 14.0 Å². The van der Waals surface area contributed by atoms with Crippen LogP contribution in [0.1, 0.15) is 21.5 Å². The molecule has 29 heavy (non-hydrogen) atoms. The Kier molecular flexibility index (Phi) is 5.54. The van der Waals surface area contributed by atoms with Crippen molar-refractivity contribution < 1.29 is 24.5 Å². The maximum absolute atomic E-state index is 12.8. The summed E-state index contributed by atoms with van der Waals surface area (Å²) in [5, 5.41) is 22.9. The Balaban J connectivity index is 1.93. The van der Waals surface area contributed by atoms with Gasteiger partial charge in [0.05, 0.1) is 7.11 Å². The molecule has 1 aromatic heterocycles. The predicted molar refractivity (Wildman–Crippen MR) is 106 cm³/mol. The molecule has 0 saturated carbocycles. The molecule has 0 unspecified atom stereocenters. The highest BCUT2D eigenvalue weighted by atomic mass is 16.5. The van der Waals surface area contributed by atoms with Gasteiger partial charge in [-0.05, 0) is 36.2 Å². The van der Waals surface area contributed by atoms with Gasteiger partial charge in [-0.2, -0.15) is 0 Å². The molecule has 2 aromatic carbocycles. The molecular weight excluding hydrogens is 376 g/mol. The van der Waals surface area contributed by atoms with Crippen molar-refractivity contribution in [2.75, 3.05) is 7.11 Å². The number of methoxy groups -OCH3 is 1. The van der Waals surface area contributed by atoms with E-state index in [-0.39, 0.29) is 17.5 Å². The first-order valence-corrected chi connectivity index (χ1v) is 8.82. The first kappa shape index (κ1) is 19.9. The van der Waals surface area contributed by atoms with Gasteiger partial charge >= 0.3 is 5.97 Å². The molecule has 3 aromatic rings. The lowest BCUT2D eigenvalue weighted by Gasteiger charge is -2.16. The van der Waals surface area contributed by atoms with Crippen LogP contribution in [0, 0.1) is 6.92 Å². The maximum atomic E-state index is 12.8. The number of aromatic hydroxyl groups is 2. The van der Waals surface area contributed by atoms with Crippen LogP contribution in [0.4, 0.5) is 0 Å². The molecule has 1 heterocycles. The van der Waals surface area contributed by atoms with Crippen molar-refractivity contribution >= 4 is 22.8 Å². The number of nitrogens with one attached hydrogen (secondary N) is 2. The zero-order chi connectivity index (χ0) is 21.1. The van der Waals surface area contributed by atoms with E-state index in [4.69, 9.17) is 4.74 Å². The minimum absolute atomic E-state index is 0.0484. The summed E-state index contributed by atoms with van der Waals surface area (Å²) in [5.41, 5.74) is 0.928. The molecule has 0 radical (unpaired) electrons. The lowest BCUT2D eigenvalue weighted by atomic mass is 10.0. The molecule has 0 fully saturated rings. The number of aryl methyl sites for hydroxylation is 1. The highest BCUT2D eigenvalue weighted by Gasteiger charge is 2.25. The third-order valence-corrected chi connectivity index (χ3v) is 4.66. The molecule has 0 aliphatic carbocycles. The number of aromatic amines is 1. The fraction of sp³-hybridized carbons (Fsp3) is 0.190. The van der Waals surface area contributed by atoms with Gasteiger partial charge in [0.1, 0.15) is 6.04 Å². The molecule has 8 nitrogen and oxygen atoms in total. The molecule has 3 rings (SSSR count). The Morgan fingerprint density at radius 2 is 1.86 bits per heavy atom. The number of benzene rings is 1. The van der Waals surface area contributed by atoms with Gasteiger partial charge in [0.15, 0.2) is 11.5 Å². The Labute approximate surface area is 165 Å². The fourth-order valence-corrected chi connectivity index (χ4v) is 3.13. The predicted octanol–water partition coefficient (Wildman–Crippen LogP) is 1.76. The van der Waals surface area contributed by atoms with Crippen molar-refractivity contribution in [2.24, 2.45) is 0 Å². The molecular formula is C21H20N2O6. The summed E-state index contributed by atoms with van der Waals surface area (Å²) in [7, 11) is 1.22. The maximum Gasteiger partial charge on any atom is 0.328 e. The molecule has 0 bridgehead atoms. The molecule has 0 aliphatic rings. The average molecular weight is 396 g/mol. The van der Waals surface area contributed by atoms with E-state index >= 15 is 0 Å². The topological polar surface area (TPSA) is 129 Å². The monoisotopic (exact) mass is 396 g/mol. The Bertz CT molecular complexity index is 1150. The Hall–Kier alpha value is -3.81. The second kappa shape index (κ2) is 8.05. The second-order valence-corrected chi connectivity index (χ2v) is 6.60. The van der Waals surface area contributed by atoms with E-state index in [2.05, 4.69) is 10.3 Å². The molecule has 0 saturated heterocycles. The number of hydrogen-bond acceptors (Lipinski definition) is 6. The molecule has 0 spiro atoms. The molecule has 150 valence electrons. The number of amides is 1. The highest BCUT2D eigenvalue weighted by molar-refractivity contribution is 5.98. The van der Waals surface area contributed by atoms with Crippen molar-refractivity contribution in [3.63, 3.8) is 0 Å². The van der Waals surface area contributed by atoms with Crippen LogP contribution in [0.25, 0.3) is 10.9 Å². The number of H-pyrrole nitrogens is 1. The fourth-order valence-electron chi connectivity index (χ4n) is 3.13. The zero-order valence-electron chi connectivity index (χ0n) is 15.9. The highest BCUT2D eigenvalue weighted by Crippen LogP contribution is 2.20. The number of para-hydroxylation sites is 1. The molecule has 1 amide bonds. The van der Waals surface area contributed by atoms with E-state index < -0.39 is 34.8 Å². The van der Waals surface area contributed by atoms with Crippen LogP contribution in [0.2, 0.25) is 0 Å². The summed E-state index contributed by atoms with van der Waals surface area (Å²) >= 11 is 0. The number of fused-ring (bicyclic) bond motifs is 1. The first-order chi connectivity index (χ1) is 13.8. The number of carbonyl (C=O) groups is 2. The third-order valence-electron chi connectivity index (χ3n) is 4.66. The van der Waals surface area contributed by atoms with Crippen LogP contribution in [0.5, 0.6) is 11.5 Å². The van der Waals surface area contributed by atoms with Gasteiger partial charge in [-0.25, -0.2) is 4.79 Å². The number of aromatic nitrogens is 1. The summed E-state index contributed by atoms with van der Waals surface area (Å²) in [4.78, 5) is 39.9. The van der Waals surface area contributed by atoms with E-state index in [0.29, 0.717) is 0 Å². The molecule has 4 N–H and O–H groups in total. The van der Waals surface area contributed by atoms with Gasteiger partial charge in [-0.15, -0.1) is 0 Å². The minimum atomic E-state index is -1.00. The van der Waals surface area contributed by atoms with Gasteiger partial charge in [-0.1, -0.05) is 18.2 Å². The molecule has 1 atom stereocenters. The summed E-state index contributed by atoms with van der Waals surface area (Å²) in [6.45, 7) is 1.50. The van der Waals surface area contributed by atoms with Gasteiger partial charge in [0.2, 0.25) is 0 Å². The quantitative estimate of drug-likeness (QED) is 0.487. The van der Waals surface area contributed by atoms with Crippen molar-refractivity contribution in [3.05, 3.63) is 69.5 Å². The molecule has 0 aliphatic heterocycles. The van der Waals surface area contributed by atoms with Gasteiger partial charge in [0.25, 0.3) is 11.3 Å². The van der Waals surface area contributed by atoms with Gasteiger partial charge in [-0.3, -0.25) is 9.59 Å². The Morgan fingerprint density at radius 1 is 1.17 bits per heavy atom. The SMILES string of the molecule is COC(=O)[C@H](Cc1c[nH]c2ccccc12)NC(=O)c1cc(O)c(=O)c(O)cc1C. The van der Waals surface area contributed by atoms with Gasteiger partial charge < -0.3 is 25.3 Å². The van der Waals surface area contributed by atoms with Crippen LogP contribution in [0.15, 0.2) is 47.4 Å². The third kappa shape index (κ3) is 4.06. The number of hydrogen-bond donors (Lipinski definition) is 4. The van der Waals surface area contributed by atoms with E-state index in [9.17, 15) is 24.6 Å². The minimum Gasteiger partial charge on any atom is -0.504 e. The summed E-state index contributed by atoms with van der Waals surface area (Å²) < 4.78 is 4.82. The first-order valence-electron chi connectivity index (χ1n) is 8.82. The zero-order valence-corrected chi connectivity index (χ0v) is 15.9. The van der Waals surface area contributed by atoms with Crippen LogP contribution in [-0.2, 0) is 16.0 Å². The smallest absolute Gasteiger partial charge is 0.328 e. The number of ether oxygens (including phenoxy) is 1. The van der Waals surface area contributed by atoms with Crippen LogP contribution in [0.3, 0.4) is 0 Å². The van der Waals surface area contributed by atoms with Crippen molar-refractivity contribution in [1.82, 2.24) is 10.3 Å². The average Bonchev–Trinajstić information content (AvgIpc) is 3.08. The lowest BCUT2D eigenvalue weighted by molar-refractivity contribution is -0.142. The Morgan fingerprint density at radius 3 is 2.59 bits per heavy atom. The number of rotatable bonds is 5.